The summed E-state index contributed by atoms with van der Waals surface area (Å²) in [7, 11) is -7.09. The van der Waals surface area contributed by atoms with Gasteiger partial charge in [-0.1, -0.05) is 0 Å². The number of hydrogen-bond acceptors (Lipinski definition) is 3. The van der Waals surface area contributed by atoms with E-state index in [2.05, 4.69) is 2.51 Å². The molecule has 0 N–H and O–H groups in total. The van der Waals surface area contributed by atoms with Gasteiger partial charge in [-0.05, 0) is 0 Å². The standard InChI is InChI=1S/C24H14F9IO3S/c25-21(26,23(29,30)31)22(27,28)24(32,33)38(35,36)37-34(19-13-5-9-15-7-1-3-11-17(15)19)20-14-6-10-16-8-2-4-12-18(16)20/h1-14H. The molecule has 4 rings (SSSR count). The molecule has 0 radical (unpaired) electrons. The summed E-state index contributed by atoms with van der Waals surface area (Å²) in [6, 6.07) is 20.9. The molecule has 14 heteroatoms. The third kappa shape index (κ3) is 4.49. The molecule has 0 aliphatic carbocycles. The van der Waals surface area contributed by atoms with E-state index in [1.54, 1.807) is 36.4 Å². The molecule has 4 aromatic carbocycles. The van der Waals surface area contributed by atoms with E-state index in [1.165, 1.54) is 48.5 Å². The fourth-order valence-electron chi connectivity index (χ4n) is 3.49. The predicted molar refractivity (Wildman–Crippen MR) is 130 cm³/mol. The van der Waals surface area contributed by atoms with Gasteiger partial charge < -0.3 is 0 Å². The van der Waals surface area contributed by atoms with Gasteiger partial charge in [-0.25, -0.2) is 0 Å². The topological polar surface area (TPSA) is 43.4 Å². The summed E-state index contributed by atoms with van der Waals surface area (Å²) >= 11 is -4.32. The Hall–Kier alpha value is -2.59. The average Bonchev–Trinajstić information content (AvgIpc) is 2.85. The van der Waals surface area contributed by atoms with Gasteiger partial charge in [0.2, 0.25) is 0 Å². The number of alkyl halides is 9. The van der Waals surface area contributed by atoms with Gasteiger partial charge in [0, 0.05) is 0 Å². The fourth-order valence-corrected chi connectivity index (χ4v) is 11.3. The molecule has 0 atom stereocenters. The molecule has 0 saturated carbocycles. The summed E-state index contributed by atoms with van der Waals surface area (Å²) < 4.78 is 152. The van der Waals surface area contributed by atoms with Crippen LogP contribution in [0.2, 0.25) is 0 Å². The Bertz CT molecular complexity index is 1520. The molecular weight excluding hydrogens is 666 g/mol. The van der Waals surface area contributed by atoms with Crippen LogP contribution >= 0.6 is 20.2 Å². The van der Waals surface area contributed by atoms with Crippen molar-refractivity contribution >= 4 is 51.9 Å². The summed E-state index contributed by atoms with van der Waals surface area (Å²) in [6.07, 6.45) is -7.18. The Labute approximate surface area is 217 Å². The zero-order valence-corrected chi connectivity index (χ0v) is 21.5. The third-order valence-electron chi connectivity index (χ3n) is 5.42. The molecular formula is C24H14F9IO3S. The minimum absolute atomic E-state index is 0.00826. The average molecular weight is 680 g/mol. The number of rotatable bonds is 7. The zero-order valence-electron chi connectivity index (χ0n) is 18.5. The van der Waals surface area contributed by atoms with Crippen LogP contribution in [0.4, 0.5) is 39.5 Å². The Morgan fingerprint density at radius 1 is 0.553 bits per heavy atom. The Balaban J connectivity index is 1.94. The van der Waals surface area contributed by atoms with E-state index in [9.17, 15) is 47.9 Å². The molecule has 38 heavy (non-hydrogen) atoms. The van der Waals surface area contributed by atoms with E-state index < -0.39 is 53.6 Å². The molecule has 0 amide bonds. The predicted octanol–water partition coefficient (Wildman–Crippen LogP) is 8.23. The normalized spacial score (nSPS) is 14.2. The van der Waals surface area contributed by atoms with Crippen LogP contribution in [0.25, 0.3) is 21.5 Å². The second-order valence-electron chi connectivity index (χ2n) is 7.85. The van der Waals surface area contributed by atoms with E-state index in [0.29, 0.717) is 21.5 Å². The number of fused-ring (bicyclic) bond motifs is 2. The Morgan fingerprint density at radius 3 is 1.37 bits per heavy atom. The molecule has 0 saturated heterocycles. The van der Waals surface area contributed by atoms with Gasteiger partial charge >= 0.3 is 218 Å². The zero-order chi connectivity index (χ0) is 28.1. The minimum atomic E-state index is -7.39. The number of hydrogen-bond donors (Lipinski definition) is 0. The van der Waals surface area contributed by atoms with Crippen LogP contribution in [0.15, 0.2) is 84.9 Å². The van der Waals surface area contributed by atoms with Crippen molar-refractivity contribution in [3.63, 3.8) is 0 Å². The van der Waals surface area contributed by atoms with Crippen LogP contribution in [0, 0.1) is 7.14 Å². The van der Waals surface area contributed by atoms with E-state index >= 15 is 0 Å². The van der Waals surface area contributed by atoms with E-state index in [4.69, 9.17) is 0 Å². The first-order valence-corrected chi connectivity index (χ1v) is 14.8. The van der Waals surface area contributed by atoms with Crippen molar-refractivity contribution in [3.05, 3.63) is 92.1 Å². The second kappa shape index (κ2) is 9.55. The van der Waals surface area contributed by atoms with Gasteiger partial charge in [0.15, 0.2) is 0 Å². The van der Waals surface area contributed by atoms with E-state index in [0.717, 1.165) is 0 Å². The van der Waals surface area contributed by atoms with Crippen molar-refractivity contribution in [2.75, 3.05) is 0 Å². The molecule has 0 spiro atoms. The van der Waals surface area contributed by atoms with Gasteiger partial charge in [-0.15, -0.1) is 0 Å². The summed E-state index contributed by atoms with van der Waals surface area (Å²) in [6.45, 7) is 0. The third-order valence-corrected chi connectivity index (χ3v) is 13.1. The van der Waals surface area contributed by atoms with E-state index in [-0.39, 0.29) is 7.14 Å². The monoisotopic (exact) mass is 680 g/mol. The summed E-state index contributed by atoms with van der Waals surface area (Å²) in [5.74, 6) is -14.8. The van der Waals surface area contributed by atoms with Crippen molar-refractivity contribution < 1.29 is 50.4 Å². The molecule has 0 fully saturated rings. The van der Waals surface area contributed by atoms with Crippen LogP contribution in [0.3, 0.4) is 0 Å². The molecule has 4 aromatic rings. The molecule has 204 valence electrons. The summed E-state index contributed by atoms with van der Waals surface area (Å²) in [4.78, 5) is 0. The summed E-state index contributed by atoms with van der Waals surface area (Å²) in [5, 5.41) is -5.41. The first-order valence-electron chi connectivity index (χ1n) is 10.3. The quantitative estimate of drug-likeness (QED) is 0.146. The van der Waals surface area contributed by atoms with Gasteiger partial charge in [0.25, 0.3) is 0 Å². The first-order chi connectivity index (χ1) is 17.5. The van der Waals surface area contributed by atoms with Gasteiger partial charge in [-0.2, -0.15) is 0 Å². The van der Waals surface area contributed by atoms with E-state index in [1.807, 2.05) is 0 Å². The maximum absolute atomic E-state index is 14.6. The van der Waals surface area contributed by atoms with Crippen molar-refractivity contribution in [2.45, 2.75) is 23.3 Å². The molecule has 0 heterocycles. The SMILES string of the molecule is O=S(=O)(OI(c1cccc2ccccc12)c1cccc2ccccc12)C(F)(F)C(F)(F)C(F)(F)C(F)(F)F. The van der Waals surface area contributed by atoms with Crippen molar-refractivity contribution in [3.8, 4) is 0 Å². The first kappa shape index (κ1) is 28.4. The summed E-state index contributed by atoms with van der Waals surface area (Å²) in [5.41, 5.74) is 0. The van der Waals surface area contributed by atoms with Crippen LogP contribution in [-0.2, 0) is 12.6 Å². The van der Waals surface area contributed by atoms with Crippen LogP contribution in [-0.4, -0.2) is 31.7 Å². The molecule has 3 nitrogen and oxygen atoms in total. The van der Waals surface area contributed by atoms with Crippen molar-refractivity contribution in [1.29, 1.82) is 0 Å². The van der Waals surface area contributed by atoms with Crippen LogP contribution in [0.5, 0.6) is 0 Å². The molecule has 0 bridgehead atoms. The molecule has 0 aromatic heterocycles. The van der Waals surface area contributed by atoms with Gasteiger partial charge in [0.1, 0.15) is 0 Å². The fraction of sp³-hybridized carbons (Fsp3) is 0.167. The van der Waals surface area contributed by atoms with Crippen molar-refractivity contribution in [2.24, 2.45) is 0 Å². The number of benzene rings is 4. The van der Waals surface area contributed by atoms with Crippen LogP contribution < -0.4 is 0 Å². The van der Waals surface area contributed by atoms with Gasteiger partial charge in [0.05, 0.1) is 0 Å². The van der Waals surface area contributed by atoms with Crippen molar-refractivity contribution in [1.82, 2.24) is 0 Å². The maximum atomic E-state index is 14.6. The van der Waals surface area contributed by atoms with Crippen LogP contribution in [0.1, 0.15) is 0 Å². The molecule has 0 aliphatic rings. The molecule has 0 unspecified atom stereocenters. The Kier molecular flexibility index (Phi) is 7.14. The number of halogens is 10. The second-order valence-corrected chi connectivity index (χ2v) is 14.2. The molecule has 0 aliphatic heterocycles. The Morgan fingerprint density at radius 2 is 0.947 bits per heavy atom. The van der Waals surface area contributed by atoms with Gasteiger partial charge in [-0.3, -0.25) is 0 Å².